The van der Waals surface area contributed by atoms with Crippen LogP contribution in [-0.2, 0) is 6.42 Å². The first-order chi connectivity index (χ1) is 6.74. The summed E-state index contributed by atoms with van der Waals surface area (Å²) in [4.78, 5) is 0. The Hall–Kier alpha value is -0.290. The first-order valence-electron chi connectivity index (χ1n) is 4.93. The number of nitrogens with two attached hydrogens (primary N) is 1. The van der Waals surface area contributed by atoms with Gasteiger partial charge in [-0.2, -0.15) is 0 Å². The van der Waals surface area contributed by atoms with Gasteiger partial charge in [0.1, 0.15) is 5.75 Å². The Balaban J connectivity index is 2.55. The highest BCUT2D eigenvalue weighted by Gasteiger charge is 2.21. The number of rotatable bonds is 1. The summed E-state index contributed by atoms with van der Waals surface area (Å²) in [5.41, 5.74) is 8.52. The fourth-order valence-corrected chi connectivity index (χ4v) is 2.66. The summed E-state index contributed by atoms with van der Waals surface area (Å²) in [7, 11) is 0. The number of halogens is 1. The maximum atomic E-state index is 6.04. The zero-order valence-electron chi connectivity index (χ0n) is 8.22. The van der Waals surface area contributed by atoms with Gasteiger partial charge in [0.25, 0.3) is 0 Å². The standard InChI is InChI=1S/C11H14INO/c1-2-7-9(12)4-3-8-10(13)5-6-14-11(7)8/h3-4,10H,2,5-6,13H2,1H3/t10-/m0/s1. The minimum atomic E-state index is 0.154. The van der Waals surface area contributed by atoms with Crippen molar-refractivity contribution in [3.63, 3.8) is 0 Å². The lowest BCUT2D eigenvalue weighted by Gasteiger charge is -2.25. The smallest absolute Gasteiger partial charge is 0.128 e. The number of benzene rings is 1. The van der Waals surface area contributed by atoms with Crippen LogP contribution in [0.4, 0.5) is 0 Å². The van der Waals surface area contributed by atoms with Crippen LogP contribution in [0.1, 0.15) is 30.5 Å². The SMILES string of the molecule is CCc1c(I)ccc2c1OCC[C@@H]2N. The Morgan fingerprint density at radius 2 is 2.36 bits per heavy atom. The normalized spacial score (nSPS) is 20.1. The van der Waals surface area contributed by atoms with E-state index in [-0.39, 0.29) is 6.04 Å². The first-order valence-corrected chi connectivity index (χ1v) is 6.01. The second kappa shape index (κ2) is 4.06. The lowest BCUT2D eigenvalue weighted by Crippen LogP contribution is -2.21. The quantitative estimate of drug-likeness (QED) is 0.810. The molecular weight excluding hydrogens is 289 g/mol. The fraction of sp³-hybridized carbons (Fsp3) is 0.455. The fourth-order valence-electron chi connectivity index (χ4n) is 1.86. The van der Waals surface area contributed by atoms with Gasteiger partial charge >= 0.3 is 0 Å². The van der Waals surface area contributed by atoms with E-state index in [4.69, 9.17) is 10.5 Å². The highest BCUT2D eigenvalue weighted by molar-refractivity contribution is 14.1. The topological polar surface area (TPSA) is 35.2 Å². The molecular formula is C11H14INO. The van der Waals surface area contributed by atoms with Crippen molar-refractivity contribution >= 4 is 22.6 Å². The molecule has 0 spiro atoms. The van der Waals surface area contributed by atoms with Crippen molar-refractivity contribution < 1.29 is 4.74 Å². The van der Waals surface area contributed by atoms with Crippen molar-refractivity contribution in [1.82, 2.24) is 0 Å². The molecule has 1 atom stereocenters. The molecule has 0 aliphatic carbocycles. The van der Waals surface area contributed by atoms with Crippen LogP contribution < -0.4 is 10.5 Å². The third-order valence-electron chi connectivity index (χ3n) is 2.66. The zero-order valence-corrected chi connectivity index (χ0v) is 10.4. The van der Waals surface area contributed by atoms with Crippen LogP contribution in [0.3, 0.4) is 0 Å². The monoisotopic (exact) mass is 303 g/mol. The van der Waals surface area contributed by atoms with Gasteiger partial charge in [0.2, 0.25) is 0 Å². The second-order valence-electron chi connectivity index (χ2n) is 3.54. The molecule has 0 fully saturated rings. The molecule has 14 heavy (non-hydrogen) atoms. The minimum absolute atomic E-state index is 0.154. The molecule has 0 saturated heterocycles. The predicted octanol–water partition coefficient (Wildman–Crippen LogP) is 2.64. The largest absolute Gasteiger partial charge is 0.493 e. The molecule has 2 N–H and O–H groups in total. The molecule has 1 aromatic rings. The predicted molar refractivity (Wildman–Crippen MR) is 65.6 cm³/mol. The summed E-state index contributed by atoms with van der Waals surface area (Å²) in [6.07, 6.45) is 1.94. The molecule has 0 amide bonds. The molecule has 76 valence electrons. The summed E-state index contributed by atoms with van der Waals surface area (Å²) in [5, 5.41) is 0. The van der Waals surface area contributed by atoms with Gasteiger partial charge in [0, 0.05) is 27.2 Å². The van der Waals surface area contributed by atoms with E-state index in [1.54, 1.807) is 0 Å². The van der Waals surface area contributed by atoms with Crippen LogP contribution in [0.25, 0.3) is 0 Å². The van der Waals surface area contributed by atoms with E-state index in [2.05, 4.69) is 41.6 Å². The molecule has 2 rings (SSSR count). The third-order valence-corrected chi connectivity index (χ3v) is 3.67. The molecule has 1 heterocycles. The third kappa shape index (κ3) is 1.63. The molecule has 2 nitrogen and oxygen atoms in total. The van der Waals surface area contributed by atoms with Gasteiger partial charge in [0.15, 0.2) is 0 Å². The number of ether oxygens (including phenoxy) is 1. The summed E-state index contributed by atoms with van der Waals surface area (Å²) < 4.78 is 6.99. The van der Waals surface area contributed by atoms with Crippen LogP contribution >= 0.6 is 22.6 Å². The van der Waals surface area contributed by atoms with Crippen LogP contribution in [0.2, 0.25) is 0 Å². The molecule has 0 saturated carbocycles. The molecule has 1 aromatic carbocycles. The van der Waals surface area contributed by atoms with Crippen LogP contribution in [0.5, 0.6) is 5.75 Å². The highest BCUT2D eigenvalue weighted by atomic mass is 127. The van der Waals surface area contributed by atoms with E-state index in [0.29, 0.717) is 0 Å². The summed E-state index contributed by atoms with van der Waals surface area (Å²) in [5.74, 6) is 1.04. The maximum Gasteiger partial charge on any atom is 0.128 e. The lowest BCUT2D eigenvalue weighted by molar-refractivity contribution is 0.266. The molecule has 0 bridgehead atoms. The number of fused-ring (bicyclic) bond motifs is 1. The van der Waals surface area contributed by atoms with Gasteiger partial charge in [-0.1, -0.05) is 13.0 Å². The van der Waals surface area contributed by atoms with E-state index in [1.165, 1.54) is 14.7 Å². The van der Waals surface area contributed by atoms with E-state index < -0.39 is 0 Å². The van der Waals surface area contributed by atoms with Crippen molar-refractivity contribution in [2.45, 2.75) is 25.8 Å². The van der Waals surface area contributed by atoms with Crippen molar-refractivity contribution in [3.8, 4) is 5.75 Å². The van der Waals surface area contributed by atoms with Crippen molar-refractivity contribution in [1.29, 1.82) is 0 Å². The Morgan fingerprint density at radius 1 is 1.57 bits per heavy atom. The van der Waals surface area contributed by atoms with Crippen LogP contribution in [0, 0.1) is 3.57 Å². The summed E-state index contributed by atoms with van der Waals surface area (Å²) in [6.45, 7) is 2.91. The molecule has 3 heteroatoms. The molecule has 1 aliphatic heterocycles. The van der Waals surface area contributed by atoms with Crippen molar-refractivity contribution in [2.75, 3.05) is 6.61 Å². The van der Waals surface area contributed by atoms with Gasteiger partial charge in [0.05, 0.1) is 6.61 Å². The zero-order chi connectivity index (χ0) is 10.1. The second-order valence-corrected chi connectivity index (χ2v) is 4.70. The summed E-state index contributed by atoms with van der Waals surface area (Å²) in [6, 6.07) is 4.38. The number of hydrogen-bond donors (Lipinski definition) is 1. The van der Waals surface area contributed by atoms with Crippen molar-refractivity contribution in [2.24, 2.45) is 5.73 Å². The molecule has 0 unspecified atom stereocenters. The average Bonchev–Trinajstić information content (AvgIpc) is 2.18. The van der Waals surface area contributed by atoms with E-state index in [0.717, 1.165) is 25.2 Å². The molecule has 1 aliphatic rings. The van der Waals surface area contributed by atoms with Gasteiger partial charge in [-0.3, -0.25) is 0 Å². The molecule has 0 radical (unpaired) electrons. The Labute approximate surface area is 98.0 Å². The van der Waals surface area contributed by atoms with Gasteiger partial charge in [-0.15, -0.1) is 0 Å². The Kier molecular flexibility index (Phi) is 2.97. The van der Waals surface area contributed by atoms with Crippen molar-refractivity contribution in [3.05, 3.63) is 26.8 Å². The van der Waals surface area contributed by atoms with Gasteiger partial charge in [-0.25, -0.2) is 0 Å². The summed E-state index contributed by atoms with van der Waals surface area (Å²) >= 11 is 2.35. The average molecular weight is 303 g/mol. The number of hydrogen-bond acceptors (Lipinski definition) is 2. The molecule has 0 aromatic heterocycles. The van der Waals surface area contributed by atoms with Gasteiger partial charge < -0.3 is 10.5 Å². The Bertz CT molecular complexity index is 351. The Morgan fingerprint density at radius 3 is 3.07 bits per heavy atom. The maximum absolute atomic E-state index is 6.04. The van der Waals surface area contributed by atoms with Crippen LogP contribution in [-0.4, -0.2) is 6.61 Å². The lowest BCUT2D eigenvalue weighted by atomic mass is 9.97. The highest BCUT2D eigenvalue weighted by Crippen LogP contribution is 2.36. The minimum Gasteiger partial charge on any atom is -0.493 e. The van der Waals surface area contributed by atoms with E-state index in [9.17, 15) is 0 Å². The van der Waals surface area contributed by atoms with Crippen LogP contribution in [0.15, 0.2) is 12.1 Å². The first kappa shape index (κ1) is 10.2. The van der Waals surface area contributed by atoms with E-state index in [1.807, 2.05) is 0 Å². The van der Waals surface area contributed by atoms with Gasteiger partial charge in [-0.05, 0) is 35.1 Å². The van der Waals surface area contributed by atoms with E-state index >= 15 is 0 Å².